The largest absolute Gasteiger partial charge is 0.309 e. The van der Waals surface area contributed by atoms with Gasteiger partial charge in [-0.05, 0) is 55.3 Å². The normalized spacial score (nSPS) is 12.4. The van der Waals surface area contributed by atoms with Crippen LogP contribution in [0.3, 0.4) is 0 Å². The van der Waals surface area contributed by atoms with Crippen LogP contribution in [0.2, 0.25) is 5.02 Å². The number of nitrogens with zero attached hydrogens (tertiary/aromatic N) is 1. The number of likely N-dealkylation sites (N-methyl/N-ethyl adjacent to an activating group) is 1. The fourth-order valence-corrected chi connectivity index (χ4v) is 2.31. The Bertz CT molecular complexity index is 569. The lowest BCUT2D eigenvalue weighted by molar-refractivity contribution is 0.533. The Hall–Kier alpha value is -1.45. The second-order valence-electron chi connectivity index (χ2n) is 4.79. The first-order chi connectivity index (χ1) is 9.60. The molecule has 20 heavy (non-hydrogen) atoms. The molecule has 1 unspecified atom stereocenters. The molecule has 0 aliphatic carbocycles. The summed E-state index contributed by atoms with van der Waals surface area (Å²) in [5, 5.41) is 4.00. The van der Waals surface area contributed by atoms with Crippen molar-refractivity contribution in [3.8, 4) is 0 Å². The van der Waals surface area contributed by atoms with Gasteiger partial charge in [-0.15, -0.1) is 0 Å². The average molecular weight is 293 g/mol. The fraction of sp³-hybridized carbons (Fsp3) is 0.312. The number of pyridine rings is 1. The van der Waals surface area contributed by atoms with Crippen LogP contribution < -0.4 is 5.32 Å². The van der Waals surface area contributed by atoms with Crippen molar-refractivity contribution < 1.29 is 4.39 Å². The minimum absolute atomic E-state index is 0.0535. The number of benzene rings is 1. The molecule has 0 saturated carbocycles. The molecule has 0 amide bonds. The Balaban J connectivity index is 2.25. The summed E-state index contributed by atoms with van der Waals surface area (Å²) in [7, 11) is 0. The molecule has 1 heterocycles. The van der Waals surface area contributed by atoms with E-state index in [0.717, 1.165) is 23.4 Å². The summed E-state index contributed by atoms with van der Waals surface area (Å²) in [5.41, 5.74) is 3.00. The van der Waals surface area contributed by atoms with Gasteiger partial charge >= 0.3 is 0 Å². The van der Waals surface area contributed by atoms with Crippen molar-refractivity contribution in [1.29, 1.82) is 0 Å². The third-order valence-corrected chi connectivity index (χ3v) is 3.52. The Labute approximate surface area is 124 Å². The second kappa shape index (κ2) is 6.82. The summed E-state index contributed by atoms with van der Waals surface area (Å²) in [4.78, 5) is 4.36. The van der Waals surface area contributed by atoms with Gasteiger partial charge in [-0.3, -0.25) is 4.98 Å². The summed E-state index contributed by atoms with van der Waals surface area (Å²) in [6, 6.07) is 8.68. The molecule has 106 valence electrons. The van der Waals surface area contributed by atoms with Crippen LogP contribution in [0.15, 0.2) is 36.5 Å². The Morgan fingerprint density at radius 1 is 1.30 bits per heavy atom. The van der Waals surface area contributed by atoms with Crippen molar-refractivity contribution in [3.63, 3.8) is 0 Å². The smallest absolute Gasteiger partial charge is 0.123 e. The number of hydrogen-bond acceptors (Lipinski definition) is 2. The minimum atomic E-state index is -0.204. The number of hydrogen-bond donors (Lipinski definition) is 1. The molecular weight excluding hydrogens is 275 g/mol. The van der Waals surface area contributed by atoms with Crippen molar-refractivity contribution in [2.24, 2.45) is 0 Å². The first kappa shape index (κ1) is 14.9. The van der Waals surface area contributed by atoms with Gasteiger partial charge in [0.15, 0.2) is 0 Å². The molecule has 0 bridgehead atoms. The molecule has 0 aliphatic heterocycles. The molecule has 2 nitrogen and oxygen atoms in total. The molecule has 1 aromatic carbocycles. The predicted octanol–water partition coefficient (Wildman–Crippen LogP) is 4.08. The Morgan fingerprint density at radius 3 is 2.75 bits per heavy atom. The van der Waals surface area contributed by atoms with Gasteiger partial charge in [0.25, 0.3) is 0 Å². The standard InChI is InChI=1S/C16H18ClFN2/c1-3-19-16(15-7-5-13(17)10-20-15)9-12-8-14(18)6-4-11(12)2/h4-8,10,16,19H,3,9H2,1-2H3. The van der Waals surface area contributed by atoms with E-state index in [0.29, 0.717) is 11.4 Å². The van der Waals surface area contributed by atoms with Gasteiger partial charge in [-0.2, -0.15) is 0 Å². The molecule has 1 atom stereocenters. The van der Waals surface area contributed by atoms with Crippen LogP contribution in [0.1, 0.15) is 29.8 Å². The Morgan fingerprint density at radius 2 is 2.10 bits per heavy atom. The lowest BCUT2D eigenvalue weighted by Gasteiger charge is -2.18. The van der Waals surface area contributed by atoms with Gasteiger partial charge in [0.2, 0.25) is 0 Å². The summed E-state index contributed by atoms with van der Waals surface area (Å²) < 4.78 is 13.4. The average Bonchev–Trinajstić information content (AvgIpc) is 2.43. The third-order valence-electron chi connectivity index (χ3n) is 3.29. The monoisotopic (exact) mass is 292 g/mol. The van der Waals surface area contributed by atoms with E-state index in [1.165, 1.54) is 6.07 Å². The number of nitrogens with one attached hydrogen (secondary N) is 1. The van der Waals surface area contributed by atoms with Crippen LogP contribution in [-0.4, -0.2) is 11.5 Å². The van der Waals surface area contributed by atoms with Crippen molar-refractivity contribution in [2.45, 2.75) is 26.3 Å². The molecule has 0 aliphatic rings. The quantitative estimate of drug-likeness (QED) is 0.898. The van der Waals surface area contributed by atoms with Crippen molar-refractivity contribution in [1.82, 2.24) is 10.3 Å². The highest BCUT2D eigenvalue weighted by Crippen LogP contribution is 2.21. The molecule has 2 aromatic rings. The van der Waals surface area contributed by atoms with Gasteiger partial charge in [0.1, 0.15) is 5.82 Å². The van der Waals surface area contributed by atoms with Crippen LogP contribution in [-0.2, 0) is 6.42 Å². The van der Waals surface area contributed by atoms with E-state index in [1.807, 2.05) is 32.0 Å². The SMILES string of the molecule is CCNC(Cc1cc(F)ccc1C)c1ccc(Cl)cn1. The van der Waals surface area contributed by atoms with E-state index < -0.39 is 0 Å². The topological polar surface area (TPSA) is 24.9 Å². The zero-order valence-corrected chi connectivity index (χ0v) is 12.4. The highest BCUT2D eigenvalue weighted by Gasteiger charge is 2.14. The summed E-state index contributed by atoms with van der Waals surface area (Å²) in [6.45, 7) is 4.86. The van der Waals surface area contributed by atoms with Crippen LogP contribution in [0.4, 0.5) is 4.39 Å². The molecule has 0 radical (unpaired) electrons. The first-order valence-corrected chi connectivity index (χ1v) is 7.07. The van der Waals surface area contributed by atoms with Crippen LogP contribution in [0.25, 0.3) is 0 Å². The van der Waals surface area contributed by atoms with E-state index in [9.17, 15) is 4.39 Å². The zero-order valence-electron chi connectivity index (χ0n) is 11.7. The third kappa shape index (κ3) is 3.78. The number of aromatic nitrogens is 1. The highest BCUT2D eigenvalue weighted by molar-refractivity contribution is 6.30. The molecule has 1 N–H and O–H groups in total. The van der Waals surface area contributed by atoms with Gasteiger partial charge < -0.3 is 5.32 Å². The molecule has 1 aromatic heterocycles. The summed E-state index contributed by atoms with van der Waals surface area (Å²) in [6.07, 6.45) is 2.34. The van der Waals surface area contributed by atoms with Gasteiger partial charge in [-0.1, -0.05) is 24.6 Å². The van der Waals surface area contributed by atoms with E-state index in [-0.39, 0.29) is 11.9 Å². The molecular formula is C16H18ClFN2. The van der Waals surface area contributed by atoms with Crippen LogP contribution in [0, 0.1) is 12.7 Å². The van der Waals surface area contributed by atoms with Gasteiger partial charge in [-0.25, -0.2) is 4.39 Å². The van der Waals surface area contributed by atoms with E-state index in [2.05, 4.69) is 10.3 Å². The maximum absolute atomic E-state index is 13.4. The van der Waals surface area contributed by atoms with E-state index >= 15 is 0 Å². The zero-order chi connectivity index (χ0) is 14.5. The first-order valence-electron chi connectivity index (χ1n) is 6.70. The van der Waals surface area contributed by atoms with Crippen LogP contribution in [0.5, 0.6) is 0 Å². The van der Waals surface area contributed by atoms with Crippen molar-refractivity contribution in [2.75, 3.05) is 6.54 Å². The maximum Gasteiger partial charge on any atom is 0.123 e. The summed E-state index contributed by atoms with van der Waals surface area (Å²) >= 11 is 5.87. The maximum atomic E-state index is 13.4. The molecule has 4 heteroatoms. The molecule has 2 rings (SSSR count). The number of rotatable bonds is 5. The highest BCUT2D eigenvalue weighted by atomic mass is 35.5. The fourth-order valence-electron chi connectivity index (χ4n) is 2.20. The van der Waals surface area contributed by atoms with Gasteiger partial charge in [0, 0.05) is 6.20 Å². The molecule has 0 fully saturated rings. The summed E-state index contributed by atoms with van der Waals surface area (Å²) in [5.74, 6) is -0.204. The van der Waals surface area contributed by atoms with E-state index in [1.54, 1.807) is 12.3 Å². The second-order valence-corrected chi connectivity index (χ2v) is 5.22. The number of aryl methyl sites for hydroxylation is 1. The Kier molecular flexibility index (Phi) is 5.10. The molecule has 0 saturated heterocycles. The predicted molar refractivity (Wildman–Crippen MR) is 80.5 cm³/mol. The molecule has 0 spiro atoms. The van der Waals surface area contributed by atoms with Crippen molar-refractivity contribution in [3.05, 3.63) is 64.2 Å². The minimum Gasteiger partial charge on any atom is -0.309 e. The van der Waals surface area contributed by atoms with E-state index in [4.69, 9.17) is 11.6 Å². The van der Waals surface area contributed by atoms with Gasteiger partial charge in [0.05, 0.1) is 16.8 Å². The van der Waals surface area contributed by atoms with Crippen molar-refractivity contribution >= 4 is 11.6 Å². The lowest BCUT2D eigenvalue weighted by Crippen LogP contribution is -2.24. The van der Waals surface area contributed by atoms with Crippen LogP contribution >= 0.6 is 11.6 Å². The lowest BCUT2D eigenvalue weighted by atomic mass is 9.98. The number of halogens is 2.